The summed E-state index contributed by atoms with van der Waals surface area (Å²) in [5, 5.41) is 2.78. The number of para-hydroxylation sites is 1. The Labute approximate surface area is 118 Å². The van der Waals surface area contributed by atoms with E-state index < -0.39 is 0 Å². The first-order valence-electron chi connectivity index (χ1n) is 5.22. The molecule has 1 N–H and O–H groups in total. The number of hydrogen-bond acceptors (Lipinski definition) is 2. The van der Waals surface area contributed by atoms with Gasteiger partial charge in [-0.15, -0.1) is 24.3 Å². The summed E-state index contributed by atoms with van der Waals surface area (Å²) in [5.74, 6) is 0.287. The molecule has 4 heteroatoms. The molecule has 0 atom stereocenters. The molecule has 0 aliphatic heterocycles. The minimum atomic E-state index is -0.228. The number of amides is 1. The van der Waals surface area contributed by atoms with Crippen LogP contribution in [0.15, 0.2) is 48.5 Å². The molecule has 0 aliphatic carbocycles. The van der Waals surface area contributed by atoms with Crippen LogP contribution in [0.4, 0.5) is 5.69 Å². The van der Waals surface area contributed by atoms with Crippen molar-refractivity contribution in [2.75, 3.05) is 12.4 Å². The third-order valence-corrected chi connectivity index (χ3v) is 2.30. The first-order valence-corrected chi connectivity index (χ1v) is 5.22. The molecule has 0 aromatic heterocycles. The van der Waals surface area contributed by atoms with E-state index in [0.717, 1.165) is 5.69 Å². The molecule has 86 valence electrons. The Kier molecular flexibility index (Phi) is 5.51. The third kappa shape index (κ3) is 3.40. The second-order valence-electron chi connectivity index (χ2n) is 3.43. The Morgan fingerprint density at radius 3 is 2.56 bits per heavy atom. The molecule has 2 rings (SSSR count). The maximum absolute atomic E-state index is 12.0. The topological polar surface area (TPSA) is 38.3 Å². The SMILES string of the molecule is COc1ccc[c-]c1C(=O)Nc1ccccc1.[Li+]. The molecule has 2 aromatic rings. The average molecular weight is 233 g/mol. The number of benzene rings is 2. The predicted molar refractivity (Wildman–Crippen MR) is 66.2 cm³/mol. The van der Waals surface area contributed by atoms with E-state index >= 15 is 0 Å². The quantitative estimate of drug-likeness (QED) is 0.586. The van der Waals surface area contributed by atoms with Gasteiger partial charge in [0, 0.05) is 11.4 Å². The molecule has 18 heavy (non-hydrogen) atoms. The summed E-state index contributed by atoms with van der Waals surface area (Å²) in [6.45, 7) is 0. The minimum absolute atomic E-state index is 0. The van der Waals surface area contributed by atoms with Crippen LogP contribution in [0.3, 0.4) is 0 Å². The molecule has 0 saturated heterocycles. The molecule has 0 aliphatic rings. The number of ether oxygens (including phenoxy) is 1. The van der Waals surface area contributed by atoms with Gasteiger partial charge in [0.25, 0.3) is 0 Å². The smallest absolute Gasteiger partial charge is 0.540 e. The van der Waals surface area contributed by atoms with Crippen LogP contribution in [-0.4, -0.2) is 13.0 Å². The van der Waals surface area contributed by atoms with Gasteiger partial charge in [-0.3, -0.25) is 0 Å². The molecule has 0 bridgehead atoms. The van der Waals surface area contributed by atoms with Crippen molar-refractivity contribution in [1.29, 1.82) is 0 Å². The summed E-state index contributed by atoms with van der Waals surface area (Å²) in [4.78, 5) is 12.0. The third-order valence-electron chi connectivity index (χ3n) is 2.30. The summed E-state index contributed by atoms with van der Waals surface area (Å²) < 4.78 is 5.11. The van der Waals surface area contributed by atoms with Crippen LogP contribution >= 0.6 is 0 Å². The standard InChI is InChI=1S/C14H12NO2.Li/c1-17-13-10-6-5-9-12(13)14(16)15-11-7-3-2-4-8-11;/h2-8,10H,1H3,(H,15,16);/q-1;+1. The minimum Gasteiger partial charge on any atom is -0.540 e. The van der Waals surface area contributed by atoms with Crippen LogP contribution in [0.2, 0.25) is 0 Å². The Bertz CT molecular complexity index is 514. The first-order chi connectivity index (χ1) is 8.31. The number of hydrogen-bond donors (Lipinski definition) is 1. The van der Waals surface area contributed by atoms with Crippen LogP contribution in [-0.2, 0) is 0 Å². The molecule has 1 amide bonds. The Hall–Kier alpha value is -1.69. The molecule has 0 saturated carbocycles. The first kappa shape index (κ1) is 14.4. The second kappa shape index (κ2) is 6.90. The van der Waals surface area contributed by atoms with Crippen molar-refractivity contribution < 1.29 is 28.4 Å². The van der Waals surface area contributed by atoms with E-state index in [4.69, 9.17) is 4.74 Å². The van der Waals surface area contributed by atoms with Gasteiger partial charge in [0.05, 0.1) is 7.11 Å². The summed E-state index contributed by atoms with van der Waals surface area (Å²) in [5.41, 5.74) is 1.15. The van der Waals surface area contributed by atoms with Gasteiger partial charge in [-0.1, -0.05) is 18.2 Å². The van der Waals surface area contributed by atoms with Gasteiger partial charge in [0.15, 0.2) is 5.91 Å². The molecule has 0 heterocycles. The number of carbonyl (C=O) groups is 1. The molecule has 2 aromatic carbocycles. The number of rotatable bonds is 3. The van der Waals surface area contributed by atoms with Crippen LogP contribution in [0.5, 0.6) is 5.75 Å². The number of anilines is 1. The van der Waals surface area contributed by atoms with E-state index in [1.54, 1.807) is 18.2 Å². The van der Waals surface area contributed by atoms with Gasteiger partial charge in [-0.05, 0) is 17.7 Å². The van der Waals surface area contributed by atoms with Crippen molar-refractivity contribution in [1.82, 2.24) is 0 Å². The molecule has 0 spiro atoms. The molecule has 0 fully saturated rings. The normalized spacial score (nSPS) is 9.17. The van der Waals surface area contributed by atoms with Crippen molar-refractivity contribution >= 4 is 11.6 Å². The van der Waals surface area contributed by atoms with Gasteiger partial charge in [0.2, 0.25) is 0 Å². The van der Waals surface area contributed by atoms with Crippen LogP contribution in [0.1, 0.15) is 10.4 Å². The molecule has 0 radical (unpaired) electrons. The Balaban J connectivity index is 0.00000162. The van der Waals surface area contributed by atoms with Crippen molar-refractivity contribution in [3.05, 3.63) is 60.2 Å². The van der Waals surface area contributed by atoms with E-state index in [1.807, 2.05) is 30.3 Å². The average Bonchev–Trinajstić information content (AvgIpc) is 2.40. The van der Waals surface area contributed by atoms with Crippen molar-refractivity contribution in [2.24, 2.45) is 0 Å². The van der Waals surface area contributed by atoms with E-state index in [2.05, 4.69) is 11.4 Å². The van der Waals surface area contributed by atoms with Gasteiger partial charge in [-0.25, -0.2) is 0 Å². The number of carbonyl (C=O) groups excluding carboxylic acids is 1. The summed E-state index contributed by atoms with van der Waals surface area (Å²) >= 11 is 0. The Morgan fingerprint density at radius 1 is 1.17 bits per heavy atom. The van der Waals surface area contributed by atoms with E-state index in [1.165, 1.54) is 7.11 Å². The van der Waals surface area contributed by atoms with Gasteiger partial charge < -0.3 is 14.8 Å². The van der Waals surface area contributed by atoms with Crippen molar-refractivity contribution in [2.45, 2.75) is 0 Å². The van der Waals surface area contributed by atoms with Crippen LogP contribution in [0.25, 0.3) is 0 Å². The van der Waals surface area contributed by atoms with Gasteiger partial charge >= 0.3 is 18.9 Å². The fourth-order valence-corrected chi connectivity index (χ4v) is 1.48. The molecule has 0 unspecified atom stereocenters. The second-order valence-corrected chi connectivity index (χ2v) is 3.43. The fraction of sp³-hybridized carbons (Fsp3) is 0.0714. The molecule has 3 nitrogen and oxygen atoms in total. The molecular weight excluding hydrogens is 221 g/mol. The largest absolute Gasteiger partial charge is 1.00 e. The molecular formula is C14H12LiNO2. The van der Waals surface area contributed by atoms with E-state index in [9.17, 15) is 4.79 Å². The number of methoxy groups -OCH3 is 1. The maximum atomic E-state index is 12.0. The summed E-state index contributed by atoms with van der Waals surface area (Å²) in [7, 11) is 1.53. The zero-order valence-electron chi connectivity index (χ0n) is 10.4. The van der Waals surface area contributed by atoms with Gasteiger partial charge in [0.1, 0.15) is 0 Å². The summed E-state index contributed by atoms with van der Waals surface area (Å²) in [6.07, 6.45) is 0. The van der Waals surface area contributed by atoms with E-state index in [-0.39, 0.29) is 24.8 Å². The zero-order valence-corrected chi connectivity index (χ0v) is 10.4. The van der Waals surface area contributed by atoms with Crippen LogP contribution in [0, 0.1) is 6.07 Å². The number of nitrogens with one attached hydrogen (secondary N) is 1. The fourth-order valence-electron chi connectivity index (χ4n) is 1.48. The Morgan fingerprint density at radius 2 is 1.89 bits per heavy atom. The maximum Gasteiger partial charge on any atom is 1.00 e. The van der Waals surface area contributed by atoms with Crippen molar-refractivity contribution in [3.63, 3.8) is 0 Å². The van der Waals surface area contributed by atoms with Crippen molar-refractivity contribution in [3.8, 4) is 5.75 Å². The van der Waals surface area contributed by atoms with Gasteiger partial charge in [-0.2, -0.15) is 0 Å². The van der Waals surface area contributed by atoms with E-state index in [0.29, 0.717) is 11.3 Å². The summed E-state index contributed by atoms with van der Waals surface area (Å²) in [6, 6.07) is 17.3. The monoisotopic (exact) mass is 233 g/mol. The van der Waals surface area contributed by atoms with Crippen LogP contribution < -0.4 is 28.9 Å². The predicted octanol–water partition coefficient (Wildman–Crippen LogP) is -0.248. The zero-order chi connectivity index (χ0) is 12.1.